The number of hydrazine groups is 1. The summed E-state index contributed by atoms with van der Waals surface area (Å²) >= 11 is 1.17. The molecule has 7 N–H and O–H groups in total. The molecule has 0 bridgehead atoms. The third-order valence-electron chi connectivity index (χ3n) is 5.75. The Morgan fingerprint density at radius 2 is 2.00 bits per heavy atom. The van der Waals surface area contributed by atoms with Crippen LogP contribution in [0.25, 0.3) is 16.8 Å². The van der Waals surface area contributed by atoms with E-state index in [9.17, 15) is 15.5 Å². The van der Waals surface area contributed by atoms with Gasteiger partial charge in [-0.1, -0.05) is 18.2 Å². The van der Waals surface area contributed by atoms with Gasteiger partial charge in [0.15, 0.2) is 6.29 Å². The zero-order chi connectivity index (χ0) is 26.2. The summed E-state index contributed by atoms with van der Waals surface area (Å²) in [5.74, 6) is 5.99. The molecule has 0 saturated carbocycles. The number of aliphatic hydroxyl groups excluding tert-OH is 2. The third kappa shape index (κ3) is 7.59. The second kappa shape index (κ2) is 12.9. The maximum absolute atomic E-state index is 10.2. The maximum atomic E-state index is 10.2. The lowest BCUT2D eigenvalue weighted by Crippen LogP contribution is -2.53. The number of aliphatic hydroxyl groups is 2. The van der Waals surface area contributed by atoms with Crippen molar-refractivity contribution in [2.75, 3.05) is 39.2 Å². The highest BCUT2D eigenvalue weighted by molar-refractivity contribution is 8.01. The van der Waals surface area contributed by atoms with Crippen LogP contribution in [0.15, 0.2) is 53.2 Å². The number of nitriles is 1. The highest BCUT2D eigenvalue weighted by atomic mass is 32.2. The number of nitrogens with zero attached hydrogens (tertiary/aromatic N) is 3. The number of ether oxygens (including phenoxy) is 2. The van der Waals surface area contributed by atoms with E-state index in [1.165, 1.54) is 30.3 Å². The molecule has 0 aromatic heterocycles. The summed E-state index contributed by atoms with van der Waals surface area (Å²) in [6, 6.07) is 14.5. The average molecular weight is 515 g/mol. The van der Waals surface area contributed by atoms with Crippen LogP contribution in [0, 0.1) is 11.3 Å². The van der Waals surface area contributed by atoms with Gasteiger partial charge < -0.3 is 35.3 Å². The summed E-state index contributed by atoms with van der Waals surface area (Å²) in [5.41, 5.74) is 8.52. The van der Waals surface area contributed by atoms with Crippen LogP contribution in [0.1, 0.15) is 12.0 Å². The second-order valence-corrected chi connectivity index (χ2v) is 9.70. The minimum absolute atomic E-state index is 0.104. The van der Waals surface area contributed by atoms with Gasteiger partial charge in [-0.3, -0.25) is 4.72 Å². The summed E-state index contributed by atoms with van der Waals surface area (Å²) in [6.45, 7) is 0.368. The summed E-state index contributed by atoms with van der Waals surface area (Å²) < 4.78 is 13.8. The Morgan fingerprint density at radius 1 is 1.28 bits per heavy atom. The van der Waals surface area contributed by atoms with E-state index < -0.39 is 24.6 Å². The van der Waals surface area contributed by atoms with E-state index in [2.05, 4.69) is 33.9 Å². The molecule has 1 aliphatic heterocycles. The molecule has 0 spiro atoms. The van der Waals surface area contributed by atoms with Crippen LogP contribution < -0.4 is 21.2 Å². The summed E-state index contributed by atoms with van der Waals surface area (Å²) in [7, 11) is 5.48. The molecule has 11 heteroatoms. The van der Waals surface area contributed by atoms with Crippen molar-refractivity contribution in [2.45, 2.75) is 31.0 Å². The molecule has 0 aliphatic carbocycles. The first kappa shape index (κ1) is 27.8. The number of hydrogen-bond acceptors (Lipinski definition) is 11. The van der Waals surface area contributed by atoms with E-state index in [0.717, 1.165) is 22.0 Å². The number of fused-ring (bicyclic) bond motifs is 1. The minimum atomic E-state index is -1.08. The predicted molar refractivity (Wildman–Crippen MR) is 143 cm³/mol. The SMILES string of the molecule is CO[C@@H]1CC(O)[C@H](O)C(CN(N)/C=C(\N)CNS/C(C#N)=C/c2ccc3cc(N(C)C)ccc3c2)O1. The maximum Gasteiger partial charge on any atom is 0.160 e. The molecule has 3 rings (SSSR count). The first-order valence-corrected chi connectivity index (χ1v) is 12.3. The van der Waals surface area contributed by atoms with Crippen LogP contribution in [0.2, 0.25) is 0 Å². The fraction of sp³-hybridized carbons (Fsp3) is 0.400. The largest absolute Gasteiger partial charge is 0.400 e. The number of methoxy groups -OCH3 is 1. The number of benzene rings is 2. The number of nitrogens with two attached hydrogens (primary N) is 2. The number of anilines is 1. The van der Waals surface area contributed by atoms with Crippen molar-refractivity contribution in [3.05, 3.63) is 58.8 Å². The quantitative estimate of drug-likeness (QED) is 0.136. The van der Waals surface area contributed by atoms with Gasteiger partial charge in [0.1, 0.15) is 23.2 Å². The Hall–Kier alpha value is -2.82. The van der Waals surface area contributed by atoms with Gasteiger partial charge in [0, 0.05) is 51.8 Å². The molecular formula is C25H34N6O4S. The van der Waals surface area contributed by atoms with Crippen LogP contribution in [0.4, 0.5) is 5.69 Å². The zero-order valence-corrected chi connectivity index (χ0v) is 21.5. The van der Waals surface area contributed by atoms with Crippen LogP contribution in [-0.2, 0) is 9.47 Å². The average Bonchev–Trinajstić information content (AvgIpc) is 2.85. The van der Waals surface area contributed by atoms with Crippen LogP contribution in [0.3, 0.4) is 0 Å². The Bertz CT molecular complexity index is 1140. The molecule has 194 valence electrons. The lowest BCUT2D eigenvalue weighted by Gasteiger charge is -2.37. The van der Waals surface area contributed by atoms with Crippen molar-refractivity contribution in [2.24, 2.45) is 11.6 Å². The topological polar surface area (TPSA) is 153 Å². The highest BCUT2D eigenvalue weighted by Gasteiger charge is 2.37. The first-order valence-electron chi connectivity index (χ1n) is 11.4. The van der Waals surface area contributed by atoms with Crippen molar-refractivity contribution in [1.29, 1.82) is 5.26 Å². The van der Waals surface area contributed by atoms with E-state index in [1.807, 2.05) is 38.4 Å². The lowest BCUT2D eigenvalue weighted by atomic mass is 10.0. The molecule has 1 aliphatic rings. The van der Waals surface area contributed by atoms with Crippen molar-refractivity contribution >= 4 is 34.5 Å². The van der Waals surface area contributed by atoms with Crippen molar-refractivity contribution in [3.63, 3.8) is 0 Å². The molecule has 2 unspecified atom stereocenters. The van der Waals surface area contributed by atoms with Gasteiger partial charge in [-0.25, -0.2) is 5.84 Å². The second-order valence-electron chi connectivity index (χ2n) is 8.76. The summed E-state index contributed by atoms with van der Waals surface area (Å²) in [5, 5.41) is 33.2. The molecule has 4 atom stereocenters. The molecule has 2 aromatic rings. The van der Waals surface area contributed by atoms with Crippen LogP contribution in [-0.4, -0.2) is 74.1 Å². The number of hydrogen-bond donors (Lipinski definition) is 5. The number of rotatable bonds is 10. The van der Waals surface area contributed by atoms with Crippen molar-refractivity contribution < 1.29 is 19.7 Å². The molecule has 1 fully saturated rings. The molecule has 1 heterocycles. The van der Waals surface area contributed by atoms with E-state index in [4.69, 9.17) is 21.1 Å². The smallest absolute Gasteiger partial charge is 0.160 e. The fourth-order valence-corrected chi connectivity index (χ4v) is 4.42. The summed E-state index contributed by atoms with van der Waals surface area (Å²) in [6.07, 6.45) is 0.104. The predicted octanol–water partition coefficient (Wildman–Crippen LogP) is 1.47. The van der Waals surface area contributed by atoms with Crippen LogP contribution >= 0.6 is 11.9 Å². The number of allylic oxidation sites excluding steroid dienone is 1. The van der Waals surface area contributed by atoms with Gasteiger partial charge in [-0.15, -0.1) is 0 Å². The fourth-order valence-electron chi connectivity index (χ4n) is 3.79. The molecule has 0 amide bonds. The molecule has 1 saturated heterocycles. The Morgan fingerprint density at radius 3 is 2.69 bits per heavy atom. The molecule has 36 heavy (non-hydrogen) atoms. The van der Waals surface area contributed by atoms with Crippen molar-refractivity contribution in [3.8, 4) is 6.07 Å². The van der Waals surface area contributed by atoms with Gasteiger partial charge >= 0.3 is 0 Å². The molecule has 0 radical (unpaired) electrons. The monoisotopic (exact) mass is 514 g/mol. The minimum Gasteiger partial charge on any atom is -0.400 e. The molecule has 10 nitrogen and oxygen atoms in total. The third-order valence-corrected chi connectivity index (χ3v) is 6.47. The van der Waals surface area contributed by atoms with Gasteiger partial charge in [0.05, 0.1) is 12.6 Å². The van der Waals surface area contributed by atoms with Crippen molar-refractivity contribution in [1.82, 2.24) is 9.73 Å². The van der Waals surface area contributed by atoms with Gasteiger partial charge in [-0.05, 0) is 52.6 Å². The van der Waals surface area contributed by atoms with E-state index >= 15 is 0 Å². The normalized spacial score (nSPS) is 22.9. The Labute approximate surface area is 215 Å². The number of nitrogens with one attached hydrogen (secondary N) is 1. The zero-order valence-electron chi connectivity index (χ0n) is 20.7. The van der Waals surface area contributed by atoms with Gasteiger partial charge in [-0.2, -0.15) is 5.26 Å². The first-order chi connectivity index (χ1) is 17.2. The Balaban J connectivity index is 1.54. The Kier molecular flexibility index (Phi) is 9.98. The van der Waals surface area contributed by atoms with E-state index in [-0.39, 0.29) is 19.5 Å². The van der Waals surface area contributed by atoms with Gasteiger partial charge in [0.2, 0.25) is 0 Å². The standard InChI is InChI=1S/C25H34N6O4S/c1-30(2)20-7-6-17-8-16(4-5-18(17)10-20)9-21(12-26)36-29-13-19(27)14-31(28)15-23-25(33)22(32)11-24(34-3)35-23/h4-10,14,22-25,29,32-33H,11,13,15,27-28H2,1-3H3/b19-14-,21-9+/t22?,23?,24-,25-/m0/s1. The summed E-state index contributed by atoms with van der Waals surface area (Å²) in [4.78, 5) is 2.54. The van der Waals surface area contributed by atoms with Crippen LogP contribution in [0.5, 0.6) is 0 Å². The van der Waals surface area contributed by atoms with Gasteiger partial charge in [0.25, 0.3) is 0 Å². The molecule has 2 aromatic carbocycles. The highest BCUT2D eigenvalue weighted by Crippen LogP contribution is 2.24. The lowest BCUT2D eigenvalue weighted by molar-refractivity contribution is -0.244. The van der Waals surface area contributed by atoms with E-state index in [1.54, 1.807) is 0 Å². The molecular weight excluding hydrogens is 480 g/mol. The van der Waals surface area contributed by atoms with E-state index in [0.29, 0.717) is 10.6 Å².